The second-order valence-corrected chi connectivity index (χ2v) is 7.75. The number of rotatable bonds is 7. The maximum atomic E-state index is 5.32. The first-order valence-electron chi connectivity index (χ1n) is 8.22. The lowest BCUT2D eigenvalue weighted by molar-refractivity contribution is 0.507. The quantitative estimate of drug-likeness (QED) is 0.287. The predicted molar refractivity (Wildman–Crippen MR) is 121 cm³/mol. The molecule has 3 heterocycles. The van der Waals surface area contributed by atoms with Crippen LogP contribution < -0.4 is 10.6 Å². The van der Waals surface area contributed by atoms with Gasteiger partial charge in [0.25, 0.3) is 0 Å². The van der Waals surface area contributed by atoms with E-state index in [1.54, 1.807) is 36.0 Å². The molecule has 0 radical (unpaired) electrons. The number of thiophene rings is 1. The highest BCUT2D eigenvalue weighted by molar-refractivity contribution is 14.0. The third-order valence-corrected chi connectivity index (χ3v) is 5.61. The number of aryl methyl sites for hydroxylation is 1. The normalized spacial score (nSPS) is 11.2. The van der Waals surface area contributed by atoms with Crippen LogP contribution in [0.2, 0.25) is 0 Å². The van der Waals surface area contributed by atoms with Crippen molar-refractivity contribution in [3.8, 4) is 10.6 Å². The van der Waals surface area contributed by atoms with Gasteiger partial charge in [0.1, 0.15) is 5.76 Å². The molecule has 0 bridgehead atoms. The summed E-state index contributed by atoms with van der Waals surface area (Å²) in [5, 5.41) is 9.88. The van der Waals surface area contributed by atoms with E-state index in [-0.39, 0.29) is 24.0 Å². The number of guanidine groups is 1. The highest BCUT2D eigenvalue weighted by Gasteiger charge is 2.06. The predicted octanol–water partition coefficient (Wildman–Crippen LogP) is 4.34. The number of aromatic nitrogens is 1. The zero-order valence-electron chi connectivity index (χ0n) is 14.8. The van der Waals surface area contributed by atoms with Crippen molar-refractivity contribution >= 4 is 52.6 Å². The van der Waals surface area contributed by atoms with Crippen LogP contribution in [0.25, 0.3) is 10.6 Å². The molecule has 3 rings (SSSR count). The number of nitrogens with zero attached hydrogens (tertiary/aromatic N) is 2. The zero-order chi connectivity index (χ0) is 17.5. The number of halogens is 1. The average molecular weight is 502 g/mol. The highest BCUT2D eigenvalue weighted by Crippen LogP contribution is 2.29. The first-order valence-corrected chi connectivity index (χ1v) is 9.92. The molecule has 0 fully saturated rings. The van der Waals surface area contributed by atoms with Crippen LogP contribution in [-0.2, 0) is 12.8 Å². The van der Waals surface area contributed by atoms with Crippen molar-refractivity contribution in [3.63, 3.8) is 0 Å². The molecule has 26 heavy (non-hydrogen) atoms. The Morgan fingerprint density at radius 2 is 2.00 bits per heavy atom. The Labute approximate surface area is 179 Å². The molecule has 0 saturated carbocycles. The van der Waals surface area contributed by atoms with Crippen LogP contribution in [0.1, 0.15) is 15.6 Å². The molecule has 8 heteroatoms. The van der Waals surface area contributed by atoms with Crippen LogP contribution in [0.4, 0.5) is 0 Å². The first kappa shape index (κ1) is 20.9. The van der Waals surface area contributed by atoms with E-state index in [0.29, 0.717) is 0 Å². The van der Waals surface area contributed by atoms with Gasteiger partial charge in [0.05, 0.1) is 21.8 Å². The lowest BCUT2D eigenvalue weighted by Crippen LogP contribution is -2.39. The smallest absolute Gasteiger partial charge is 0.191 e. The molecule has 0 aliphatic carbocycles. The van der Waals surface area contributed by atoms with Crippen molar-refractivity contribution in [1.82, 2.24) is 15.6 Å². The van der Waals surface area contributed by atoms with Crippen LogP contribution in [0.3, 0.4) is 0 Å². The molecule has 0 aromatic carbocycles. The molecule has 0 amide bonds. The monoisotopic (exact) mass is 502 g/mol. The van der Waals surface area contributed by atoms with E-state index < -0.39 is 0 Å². The lowest BCUT2D eigenvalue weighted by atomic mass is 10.3. The Bertz CT molecular complexity index is 811. The van der Waals surface area contributed by atoms with E-state index in [0.717, 1.165) is 48.4 Å². The van der Waals surface area contributed by atoms with E-state index >= 15 is 0 Å². The molecule has 3 aromatic rings. The largest absolute Gasteiger partial charge is 0.469 e. The standard InChI is InChI=1S/C18H22N4OS2.HI/c1-13-22-16(12-24-13)17-6-5-15(25-17)8-10-21-18(19-2)20-9-7-14-4-3-11-23-14;/h3-6,11-12H,7-10H2,1-2H3,(H2,19,20,21);1H. The summed E-state index contributed by atoms with van der Waals surface area (Å²) in [6.07, 6.45) is 3.51. The van der Waals surface area contributed by atoms with Crippen molar-refractivity contribution in [2.24, 2.45) is 4.99 Å². The number of hydrogen-bond donors (Lipinski definition) is 2. The number of thiazole rings is 1. The van der Waals surface area contributed by atoms with Crippen LogP contribution in [0.5, 0.6) is 0 Å². The summed E-state index contributed by atoms with van der Waals surface area (Å²) in [5.41, 5.74) is 1.09. The number of hydrogen-bond acceptors (Lipinski definition) is 5. The molecule has 3 aromatic heterocycles. The summed E-state index contributed by atoms with van der Waals surface area (Å²) in [7, 11) is 1.79. The molecule has 0 aliphatic heterocycles. The van der Waals surface area contributed by atoms with E-state index in [1.165, 1.54) is 9.75 Å². The third kappa shape index (κ3) is 6.10. The van der Waals surface area contributed by atoms with Gasteiger partial charge in [-0.05, 0) is 37.6 Å². The van der Waals surface area contributed by atoms with Crippen LogP contribution in [0, 0.1) is 6.92 Å². The Kier molecular flexibility index (Phi) is 8.60. The van der Waals surface area contributed by atoms with Crippen molar-refractivity contribution < 1.29 is 4.42 Å². The lowest BCUT2D eigenvalue weighted by Gasteiger charge is -2.10. The second kappa shape index (κ2) is 10.7. The van der Waals surface area contributed by atoms with Gasteiger partial charge in [-0.3, -0.25) is 4.99 Å². The van der Waals surface area contributed by atoms with E-state index in [1.807, 2.05) is 19.1 Å². The number of aliphatic imine (C=N–C) groups is 1. The highest BCUT2D eigenvalue weighted by atomic mass is 127. The molecule has 0 unspecified atom stereocenters. The Balaban J connectivity index is 0.00000243. The average Bonchev–Trinajstić information content (AvgIpc) is 3.35. The third-order valence-electron chi connectivity index (χ3n) is 3.66. The molecular weight excluding hydrogens is 479 g/mol. The minimum atomic E-state index is 0. The first-order chi connectivity index (χ1) is 12.2. The topological polar surface area (TPSA) is 62.5 Å². The van der Waals surface area contributed by atoms with Gasteiger partial charge < -0.3 is 15.1 Å². The summed E-state index contributed by atoms with van der Waals surface area (Å²) >= 11 is 3.50. The van der Waals surface area contributed by atoms with Crippen molar-refractivity contribution in [1.29, 1.82) is 0 Å². The maximum absolute atomic E-state index is 5.32. The molecule has 140 valence electrons. The minimum absolute atomic E-state index is 0. The molecular formula is C18H23IN4OS2. The summed E-state index contributed by atoms with van der Waals surface area (Å²) < 4.78 is 5.32. The Hall–Kier alpha value is -1.39. The summed E-state index contributed by atoms with van der Waals surface area (Å²) in [6.45, 7) is 3.67. The summed E-state index contributed by atoms with van der Waals surface area (Å²) in [5.74, 6) is 1.80. The summed E-state index contributed by atoms with van der Waals surface area (Å²) in [6, 6.07) is 8.23. The minimum Gasteiger partial charge on any atom is -0.469 e. The fraction of sp³-hybridized carbons (Fsp3) is 0.333. The van der Waals surface area contributed by atoms with Crippen LogP contribution >= 0.6 is 46.7 Å². The molecule has 0 spiro atoms. The van der Waals surface area contributed by atoms with Gasteiger partial charge in [0.2, 0.25) is 0 Å². The molecule has 5 nitrogen and oxygen atoms in total. The van der Waals surface area contributed by atoms with Gasteiger partial charge in [0.15, 0.2) is 5.96 Å². The van der Waals surface area contributed by atoms with Gasteiger partial charge in [0, 0.05) is 36.8 Å². The zero-order valence-corrected chi connectivity index (χ0v) is 18.8. The van der Waals surface area contributed by atoms with Gasteiger partial charge in [-0.2, -0.15) is 0 Å². The maximum Gasteiger partial charge on any atom is 0.191 e. The van der Waals surface area contributed by atoms with Crippen molar-refractivity contribution in [2.45, 2.75) is 19.8 Å². The number of nitrogens with one attached hydrogen (secondary N) is 2. The van der Waals surface area contributed by atoms with Gasteiger partial charge in [-0.15, -0.1) is 46.7 Å². The Morgan fingerprint density at radius 1 is 1.19 bits per heavy atom. The van der Waals surface area contributed by atoms with Gasteiger partial charge in [-0.1, -0.05) is 0 Å². The second-order valence-electron chi connectivity index (χ2n) is 5.52. The number of furan rings is 1. The van der Waals surface area contributed by atoms with Crippen LogP contribution in [-0.4, -0.2) is 31.1 Å². The van der Waals surface area contributed by atoms with Crippen molar-refractivity contribution in [3.05, 3.63) is 51.6 Å². The van der Waals surface area contributed by atoms with E-state index in [2.05, 4.69) is 38.1 Å². The molecule has 0 aliphatic rings. The fourth-order valence-corrected chi connectivity index (χ4v) is 4.07. The van der Waals surface area contributed by atoms with E-state index in [4.69, 9.17) is 4.42 Å². The van der Waals surface area contributed by atoms with Gasteiger partial charge in [-0.25, -0.2) is 4.98 Å². The fourth-order valence-electron chi connectivity index (χ4n) is 2.41. The summed E-state index contributed by atoms with van der Waals surface area (Å²) in [4.78, 5) is 11.4. The molecule has 0 atom stereocenters. The van der Waals surface area contributed by atoms with Gasteiger partial charge >= 0.3 is 0 Å². The van der Waals surface area contributed by atoms with Crippen LogP contribution in [0.15, 0.2) is 45.3 Å². The SMILES string of the molecule is CN=C(NCCc1ccco1)NCCc1ccc(-c2csc(C)n2)s1.I. The Morgan fingerprint density at radius 3 is 2.65 bits per heavy atom. The molecule has 0 saturated heterocycles. The molecule has 2 N–H and O–H groups in total. The van der Waals surface area contributed by atoms with Crippen molar-refractivity contribution in [2.75, 3.05) is 20.1 Å². The van der Waals surface area contributed by atoms with E-state index in [9.17, 15) is 0 Å².